The van der Waals surface area contributed by atoms with Crippen LogP contribution in [0, 0.1) is 0 Å². The number of primary amides is 1. The molecule has 1 unspecified atom stereocenters. The molecule has 0 aliphatic rings. The van der Waals surface area contributed by atoms with Gasteiger partial charge in [-0.25, -0.2) is 0 Å². The number of aromatic nitrogens is 2. The van der Waals surface area contributed by atoms with Crippen LogP contribution in [0.4, 0.5) is 11.4 Å². The maximum absolute atomic E-state index is 12.5. The van der Waals surface area contributed by atoms with Gasteiger partial charge in [-0.3, -0.25) is 19.6 Å². The van der Waals surface area contributed by atoms with Crippen molar-refractivity contribution in [3.8, 4) is 0 Å². The van der Waals surface area contributed by atoms with Crippen LogP contribution in [0.15, 0.2) is 85.5 Å². The quantitative estimate of drug-likeness (QED) is 0.461. The summed E-state index contributed by atoms with van der Waals surface area (Å²) >= 11 is 0. The Morgan fingerprint density at radius 2 is 1.67 bits per heavy atom. The van der Waals surface area contributed by atoms with Crippen LogP contribution in [0.5, 0.6) is 0 Å². The number of anilines is 2. The van der Waals surface area contributed by atoms with Crippen molar-refractivity contribution < 1.29 is 9.59 Å². The molecule has 4 aromatic rings. The van der Waals surface area contributed by atoms with Gasteiger partial charge in [-0.2, -0.15) is 0 Å². The number of hydrogen-bond donors (Lipinski definition) is 3. The van der Waals surface area contributed by atoms with E-state index in [1.807, 2.05) is 24.3 Å². The van der Waals surface area contributed by atoms with Crippen LogP contribution >= 0.6 is 0 Å². The highest BCUT2D eigenvalue weighted by Gasteiger charge is 2.18. The zero-order valence-electron chi connectivity index (χ0n) is 15.9. The number of nitrogens with one attached hydrogen (secondary N) is 2. The number of carbonyl (C=O) groups is 2. The first-order chi connectivity index (χ1) is 14.6. The topological polar surface area (TPSA) is 110 Å². The van der Waals surface area contributed by atoms with Crippen LogP contribution in [0.25, 0.3) is 10.8 Å². The summed E-state index contributed by atoms with van der Waals surface area (Å²) in [6, 6.07) is 17.1. The summed E-state index contributed by atoms with van der Waals surface area (Å²) in [6.07, 6.45) is 6.66. The van der Waals surface area contributed by atoms with E-state index in [0.29, 0.717) is 16.9 Å². The monoisotopic (exact) mass is 397 g/mol. The van der Waals surface area contributed by atoms with Gasteiger partial charge in [0.2, 0.25) is 5.91 Å². The molecule has 0 bridgehead atoms. The molecule has 0 saturated carbocycles. The van der Waals surface area contributed by atoms with Crippen molar-refractivity contribution >= 4 is 34.0 Å². The molecule has 2 amide bonds. The molecule has 0 saturated heterocycles. The maximum Gasteiger partial charge on any atom is 0.255 e. The highest BCUT2D eigenvalue weighted by atomic mass is 16.2. The van der Waals surface area contributed by atoms with Crippen LogP contribution in [0.3, 0.4) is 0 Å². The number of carbonyl (C=O) groups excluding carboxylic acids is 2. The van der Waals surface area contributed by atoms with E-state index < -0.39 is 11.9 Å². The Balaban J connectivity index is 1.57. The van der Waals surface area contributed by atoms with Crippen LogP contribution in [0.2, 0.25) is 0 Å². The Morgan fingerprint density at radius 3 is 2.47 bits per heavy atom. The molecular formula is C23H19N5O2. The zero-order valence-corrected chi connectivity index (χ0v) is 15.9. The summed E-state index contributed by atoms with van der Waals surface area (Å²) in [5.41, 5.74) is 8.03. The molecule has 0 aliphatic carbocycles. The van der Waals surface area contributed by atoms with Gasteiger partial charge in [-0.05, 0) is 53.4 Å². The summed E-state index contributed by atoms with van der Waals surface area (Å²) in [5.74, 6) is -0.797. The SMILES string of the molecule is NC(=O)C(Nc1cccc(C(=O)Nc2cccnc2)c1)c1ccc2cnccc2c1. The second-order valence-corrected chi connectivity index (χ2v) is 6.74. The number of benzene rings is 2. The first kappa shape index (κ1) is 19.1. The van der Waals surface area contributed by atoms with Gasteiger partial charge in [-0.1, -0.05) is 18.2 Å². The molecule has 0 fully saturated rings. The molecule has 148 valence electrons. The van der Waals surface area contributed by atoms with Gasteiger partial charge in [-0.15, -0.1) is 0 Å². The summed E-state index contributed by atoms with van der Waals surface area (Å²) in [4.78, 5) is 32.8. The Morgan fingerprint density at radius 1 is 0.833 bits per heavy atom. The highest BCUT2D eigenvalue weighted by molar-refractivity contribution is 6.04. The van der Waals surface area contributed by atoms with E-state index in [-0.39, 0.29) is 5.91 Å². The Kier molecular flexibility index (Phi) is 5.34. The van der Waals surface area contributed by atoms with Crippen molar-refractivity contribution in [2.45, 2.75) is 6.04 Å². The van der Waals surface area contributed by atoms with E-state index in [9.17, 15) is 9.59 Å². The van der Waals surface area contributed by atoms with E-state index in [1.54, 1.807) is 61.2 Å². The van der Waals surface area contributed by atoms with Crippen molar-refractivity contribution in [3.05, 3.63) is 96.6 Å². The average Bonchev–Trinajstić information content (AvgIpc) is 2.78. The smallest absolute Gasteiger partial charge is 0.255 e. The van der Waals surface area contributed by atoms with Gasteiger partial charge in [0, 0.05) is 35.2 Å². The number of nitrogens with zero attached hydrogens (tertiary/aromatic N) is 2. The third-order valence-electron chi connectivity index (χ3n) is 4.64. The molecule has 7 heteroatoms. The summed E-state index contributed by atoms with van der Waals surface area (Å²) in [7, 11) is 0. The Bertz CT molecular complexity index is 1210. The van der Waals surface area contributed by atoms with Gasteiger partial charge < -0.3 is 16.4 Å². The second kappa shape index (κ2) is 8.40. The molecular weight excluding hydrogens is 378 g/mol. The van der Waals surface area contributed by atoms with Gasteiger partial charge >= 0.3 is 0 Å². The van der Waals surface area contributed by atoms with Crippen molar-refractivity contribution in [1.29, 1.82) is 0 Å². The number of nitrogens with two attached hydrogens (primary N) is 1. The predicted octanol–water partition coefficient (Wildman–Crippen LogP) is 3.52. The number of pyridine rings is 2. The van der Waals surface area contributed by atoms with Crippen LogP contribution in [0.1, 0.15) is 22.0 Å². The summed E-state index contributed by atoms with van der Waals surface area (Å²) in [5, 5.41) is 7.85. The predicted molar refractivity (Wildman–Crippen MR) is 116 cm³/mol. The number of rotatable bonds is 6. The van der Waals surface area contributed by atoms with Crippen molar-refractivity contribution in [2.75, 3.05) is 10.6 Å². The molecule has 30 heavy (non-hydrogen) atoms. The molecule has 2 heterocycles. The lowest BCUT2D eigenvalue weighted by molar-refractivity contribution is -0.118. The van der Waals surface area contributed by atoms with Gasteiger partial charge in [0.05, 0.1) is 11.9 Å². The molecule has 0 spiro atoms. The lowest BCUT2D eigenvalue weighted by Crippen LogP contribution is -2.27. The minimum Gasteiger partial charge on any atom is -0.370 e. The van der Waals surface area contributed by atoms with Crippen molar-refractivity contribution in [1.82, 2.24) is 9.97 Å². The van der Waals surface area contributed by atoms with E-state index in [4.69, 9.17) is 5.73 Å². The fourth-order valence-electron chi connectivity index (χ4n) is 3.16. The van der Waals surface area contributed by atoms with Gasteiger partial charge in [0.25, 0.3) is 5.91 Å². The van der Waals surface area contributed by atoms with Crippen molar-refractivity contribution in [3.63, 3.8) is 0 Å². The number of fused-ring (bicyclic) bond motifs is 1. The molecule has 4 rings (SSSR count). The van der Waals surface area contributed by atoms with E-state index in [1.165, 1.54) is 0 Å². The lowest BCUT2D eigenvalue weighted by Gasteiger charge is -2.18. The molecule has 4 N–H and O–H groups in total. The standard InChI is InChI=1S/C23H19N5O2/c24-22(29)21(16-6-7-18-13-26-10-8-15(18)11-16)27-19-4-1-3-17(12-19)23(30)28-20-5-2-9-25-14-20/h1-14,21,27H,(H2,24,29)(H,28,30). The third kappa shape index (κ3) is 4.25. The minimum atomic E-state index is -0.751. The van der Waals surface area contributed by atoms with Crippen LogP contribution in [-0.2, 0) is 4.79 Å². The second-order valence-electron chi connectivity index (χ2n) is 6.74. The molecule has 0 radical (unpaired) electrons. The zero-order chi connectivity index (χ0) is 20.9. The fraction of sp³-hybridized carbons (Fsp3) is 0.0435. The fourth-order valence-corrected chi connectivity index (χ4v) is 3.16. The van der Waals surface area contributed by atoms with Crippen LogP contribution < -0.4 is 16.4 Å². The van der Waals surface area contributed by atoms with E-state index >= 15 is 0 Å². The molecule has 7 nitrogen and oxygen atoms in total. The number of amides is 2. The minimum absolute atomic E-state index is 0.277. The highest BCUT2D eigenvalue weighted by Crippen LogP contribution is 2.24. The first-order valence-electron chi connectivity index (χ1n) is 9.31. The van der Waals surface area contributed by atoms with Crippen LogP contribution in [-0.4, -0.2) is 21.8 Å². The largest absolute Gasteiger partial charge is 0.370 e. The molecule has 2 aromatic carbocycles. The van der Waals surface area contributed by atoms with E-state index in [0.717, 1.165) is 16.3 Å². The first-order valence-corrected chi connectivity index (χ1v) is 9.31. The summed E-state index contributed by atoms with van der Waals surface area (Å²) in [6.45, 7) is 0. The Hall–Kier alpha value is -4.26. The summed E-state index contributed by atoms with van der Waals surface area (Å²) < 4.78 is 0. The lowest BCUT2D eigenvalue weighted by atomic mass is 10.0. The van der Waals surface area contributed by atoms with Gasteiger partial charge in [0.1, 0.15) is 6.04 Å². The van der Waals surface area contributed by atoms with E-state index in [2.05, 4.69) is 20.6 Å². The van der Waals surface area contributed by atoms with Crippen molar-refractivity contribution in [2.24, 2.45) is 5.73 Å². The normalized spacial score (nSPS) is 11.6. The molecule has 2 aromatic heterocycles. The van der Waals surface area contributed by atoms with Gasteiger partial charge in [0.15, 0.2) is 0 Å². The molecule has 1 atom stereocenters. The number of hydrogen-bond acceptors (Lipinski definition) is 5. The maximum atomic E-state index is 12.5. The third-order valence-corrected chi connectivity index (χ3v) is 4.64. The Labute approximate surface area is 173 Å². The molecule has 0 aliphatic heterocycles. The average molecular weight is 397 g/mol.